The molecule has 1 aliphatic rings. The van der Waals surface area contributed by atoms with E-state index in [4.69, 9.17) is 0 Å². The minimum Gasteiger partial charge on any atom is -0.508 e. The average molecular weight is 604 g/mol. The molecule has 44 heavy (non-hydrogen) atoms. The Balaban J connectivity index is 1.44. The number of rotatable bonds is 12. The second-order valence-electron chi connectivity index (χ2n) is 12.7. The number of aromatic hydroxyl groups is 2. The van der Waals surface area contributed by atoms with Crippen LogP contribution in [0.15, 0.2) is 73.1 Å². The van der Waals surface area contributed by atoms with Gasteiger partial charge in [-0.15, -0.1) is 0 Å². The summed E-state index contributed by atoms with van der Waals surface area (Å²) in [5, 5.41) is 37.0. The Labute approximate surface area is 259 Å². The van der Waals surface area contributed by atoms with Gasteiger partial charge in [0.25, 0.3) is 0 Å². The number of phenolic OH excluding ortho intramolecular Hbond substituents is 2. The van der Waals surface area contributed by atoms with Crippen LogP contribution in [-0.4, -0.2) is 85.8 Å². The van der Waals surface area contributed by atoms with Crippen molar-refractivity contribution in [1.82, 2.24) is 25.4 Å². The number of amides is 2. The third-order valence-electron chi connectivity index (χ3n) is 7.63. The number of β-amino-alcohol motifs (C(OH)–C–C–N with tert-alkyl or cyclic N) is 1. The number of phenols is 2. The molecule has 2 amide bonds. The Morgan fingerprint density at radius 2 is 1.68 bits per heavy atom. The highest BCUT2D eigenvalue weighted by Gasteiger charge is 2.35. The number of carbonyl (C=O) groups is 2. The number of pyridine rings is 1. The quantitative estimate of drug-likeness (QED) is 0.213. The van der Waals surface area contributed by atoms with Crippen LogP contribution in [0, 0.1) is 5.92 Å². The van der Waals surface area contributed by atoms with Crippen LogP contribution >= 0.6 is 0 Å². The fraction of sp³-hybridized carbons (Fsp3) is 0.441. The molecule has 1 aromatic heterocycles. The molecule has 3 atom stereocenters. The van der Waals surface area contributed by atoms with Gasteiger partial charge in [0.05, 0.1) is 6.10 Å². The first-order valence-electron chi connectivity index (χ1n) is 15.1. The summed E-state index contributed by atoms with van der Waals surface area (Å²) in [5.74, 6) is -1.04. The van der Waals surface area contributed by atoms with E-state index in [9.17, 15) is 24.9 Å². The monoisotopic (exact) mass is 603 g/mol. The largest absolute Gasteiger partial charge is 0.508 e. The molecule has 1 fully saturated rings. The van der Waals surface area contributed by atoms with Crippen LogP contribution in [0.3, 0.4) is 0 Å². The Kier molecular flexibility index (Phi) is 11.3. The zero-order valence-corrected chi connectivity index (χ0v) is 25.8. The summed E-state index contributed by atoms with van der Waals surface area (Å²) in [4.78, 5) is 35.4. The first kappa shape index (κ1) is 32.9. The standard InChI is InChI=1S/C34H45N5O5/c1-34(2,3)37-33(44)31-23-38(21-25-10-7-11-35-19-25)12-13-39(31)22-30(42)17-27(14-24-8-5-4-6-9-24)32(43)36-20-26-15-28(40)18-29(41)16-26/h4-11,15-16,18-19,27,30-31,40-42H,12-14,17,20-23H2,1-3H3,(H,36,43)(H,37,44)/t27-,30+,31+/m1/s1. The Bertz CT molecular complexity index is 1350. The molecule has 236 valence electrons. The molecule has 0 aliphatic carbocycles. The van der Waals surface area contributed by atoms with E-state index < -0.39 is 23.6 Å². The molecule has 1 saturated heterocycles. The number of carbonyl (C=O) groups excluding carboxylic acids is 2. The highest BCUT2D eigenvalue weighted by atomic mass is 16.3. The van der Waals surface area contributed by atoms with Gasteiger partial charge in [-0.05, 0) is 68.5 Å². The van der Waals surface area contributed by atoms with Crippen molar-refractivity contribution in [2.75, 3.05) is 26.2 Å². The van der Waals surface area contributed by atoms with E-state index >= 15 is 0 Å². The van der Waals surface area contributed by atoms with Crippen LogP contribution in [0.5, 0.6) is 11.5 Å². The SMILES string of the molecule is CC(C)(C)NC(=O)[C@@H]1CN(Cc2cccnc2)CCN1C[C@@H](O)C[C@@H](Cc1ccccc1)C(=O)NCc1cc(O)cc(O)c1. The van der Waals surface area contributed by atoms with E-state index in [0.29, 0.717) is 31.6 Å². The molecular formula is C34H45N5O5. The number of hydrogen-bond acceptors (Lipinski definition) is 8. The van der Waals surface area contributed by atoms with Gasteiger partial charge in [-0.1, -0.05) is 36.4 Å². The van der Waals surface area contributed by atoms with Gasteiger partial charge in [-0.3, -0.25) is 24.4 Å². The average Bonchev–Trinajstić information content (AvgIpc) is 2.96. The van der Waals surface area contributed by atoms with Gasteiger partial charge in [-0.2, -0.15) is 0 Å². The lowest BCUT2D eigenvalue weighted by Gasteiger charge is -2.42. The van der Waals surface area contributed by atoms with Crippen molar-refractivity contribution in [1.29, 1.82) is 0 Å². The summed E-state index contributed by atoms with van der Waals surface area (Å²) in [6.45, 7) is 8.73. The number of benzene rings is 2. The normalized spacial score (nSPS) is 17.5. The molecule has 10 nitrogen and oxygen atoms in total. The van der Waals surface area contributed by atoms with Crippen molar-refractivity contribution in [3.63, 3.8) is 0 Å². The Morgan fingerprint density at radius 1 is 0.977 bits per heavy atom. The molecule has 0 unspecified atom stereocenters. The molecule has 3 aromatic rings. The van der Waals surface area contributed by atoms with E-state index in [0.717, 1.165) is 17.7 Å². The van der Waals surface area contributed by atoms with Crippen LogP contribution < -0.4 is 10.6 Å². The van der Waals surface area contributed by atoms with Crippen molar-refractivity contribution in [2.45, 2.75) is 64.4 Å². The maximum absolute atomic E-state index is 13.5. The second kappa shape index (κ2) is 15.1. The van der Waals surface area contributed by atoms with Crippen LogP contribution in [-0.2, 0) is 29.1 Å². The summed E-state index contributed by atoms with van der Waals surface area (Å²) in [5.41, 5.74) is 2.21. The minimum atomic E-state index is -0.853. The number of aliphatic hydroxyl groups is 1. The molecule has 1 aliphatic heterocycles. The predicted octanol–water partition coefficient (Wildman–Crippen LogP) is 2.82. The van der Waals surface area contributed by atoms with E-state index in [1.54, 1.807) is 6.20 Å². The Morgan fingerprint density at radius 3 is 2.34 bits per heavy atom. The van der Waals surface area contributed by atoms with Gasteiger partial charge < -0.3 is 26.0 Å². The minimum absolute atomic E-state index is 0.0870. The zero-order valence-electron chi connectivity index (χ0n) is 25.8. The van der Waals surface area contributed by atoms with Crippen molar-refractivity contribution in [3.8, 4) is 11.5 Å². The number of aliphatic hydroxyl groups excluding tert-OH is 1. The summed E-state index contributed by atoms with van der Waals surface area (Å²) in [6.07, 6.45) is 3.36. The summed E-state index contributed by atoms with van der Waals surface area (Å²) in [6, 6.07) is 17.3. The maximum Gasteiger partial charge on any atom is 0.239 e. The number of nitrogens with zero attached hydrogens (tertiary/aromatic N) is 3. The smallest absolute Gasteiger partial charge is 0.239 e. The highest BCUT2D eigenvalue weighted by Crippen LogP contribution is 2.22. The van der Waals surface area contributed by atoms with Crippen molar-refractivity contribution >= 4 is 11.8 Å². The van der Waals surface area contributed by atoms with Crippen LogP contribution in [0.4, 0.5) is 0 Å². The van der Waals surface area contributed by atoms with Gasteiger partial charge in [0.15, 0.2) is 0 Å². The van der Waals surface area contributed by atoms with Gasteiger partial charge >= 0.3 is 0 Å². The van der Waals surface area contributed by atoms with Gasteiger partial charge in [0, 0.05) is 69.2 Å². The number of nitrogens with one attached hydrogen (secondary N) is 2. The summed E-state index contributed by atoms with van der Waals surface area (Å²) >= 11 is 0. The van der Waals surface area contributed by atoms with Gasteiger partial charge in [-0.25, -0.2) is 0 Å². The van der Waals surface area contributed by atoms with Crippen molar-refractivity contribution in [3.05, 3.63) is 89.7 Å². The fourth-order valence-electron chi connectivity index (χ4n) is 5.64. The van der Waals surface area contributed by atoms with Gasteiger partial charge in [0.1, 0.15) is 17.5 Å². The van der Waals surface area contributed by atoms with Crippen LogP contribution in [0.1, 0.15) is 43.9 Å². The number of hydrogen-bond donors (Lipinski definition) is 5. The van der Waals surface area contributed by atoms with Crippen LogP contribution in [0.2, 0.25) is 0 Å². The Hall–Kier alpha value is -3.99. The third kappa shape index (κ3) is 10.3. The summed E-state index contributed by atoms with van der Waals surface area (Å²) in [7, 11) is 0. The number of piperazine rings is 1. The molecule has 4 rings (SSSR count). The van der Waals surface area contributed by atoms with E-state index in [1.807, 2.05) is 74.3 Å². The van der Waals surface area contributed by atoms with Crippen molar-refractivity contribution in [2.24, 2.45) is 5.92 Å². The zero-order chi connectivity index (χ0) is 31.7. The molecule has 5 N–H and O–H groups in total. The molecule has 0 bridgehead atoms. The molecule has 2 heterocycles. The molecule has 0 saturated carbocycles. The predicted molar refractivity (Wildman–Crippen MR) is 169 cm³/mol. The first-order chi connectivity index (χ1) is 20.9. The highest BCUT2D eigenvalue weighted by molar-refractivity contribution is 5.83. The fourth-order valence-corrected chi connectivity index (χ4v) is 5.64. The van der Waals surface area contributed by atoms with E-state index in [-0.39, 0.29) is 42.8 Å². The molecule has 0 radical (unpaired) electrons. The van der Waals surface area contributed by atoms with E-state index in [2.05, 4.69) is 20.5 Å². The lowest BCUT2D eigenvalue weighted by molar-refractivity contribution is -0.132. The molecule has 2 aromatic carbocycles. The van der Waals surface area contributed by atoms with Crippen LogP contribution in [0.25, 0.3) is 0 Å². The molecule has 0 spiro atoms. The second-order valence-corrected chi connectivity index (χ2v) is 12.7. The third-order valence-corrected chi connectivity index (χ3v) is 7.63. The number of aromatic nitrogens is 1. The lowest BCUT2D eigenvalue weighted by atomic mass is 9.92. The summed E-state index contributed by atoms with van der Waals surface area (Å²) < 4.78 is 0. The van der Waals surface area contributed by atoms with Crippen molar-refractivity contribution < 1.29 is 24.9 Å². The van der Waals surface area contributed by atoms with Gasteiger partial charge in [0.2, 0.25) is 11.8 Å². The lowest BCUT2D eigenvalue weighted by Crippen LogP contribution is -2.61. The maximum atomic E-state index is 13.5. The first-order valence-corrected chi connectivity index (χ1v) is 15.1. The van der Waals surface area contributed by atoms with E-state index in [1.165, 1.54) is 18.2 Å². The topological polar surface area (TPSA) is 138 Å². The molecular weight excluding hydrogens is 558 g/mol. The molecule has 10 heteroatoms.